The molecule has 1 saturated heterocycles. The topological polar surface area (TPSA) is 108 Å². The van der Waals surface area contributed by atoms with Crippen LogP contribution in [-0.4, -0.2) is 44.6 Å². The number of sulfone groups is 1. The second-order valence-electron chi connectivity index (χ2n) is 9.28. The largest absolute Gasteiger partial charge is 0.355 e. The van der Waals surface area contributed by atoms with Crippen LogP contribution in [-0.2, 0) is 21.2 Å². The highest BCUT2D eigenvalue weighted by Gasteiger charge is 2.25. The van der Waals surface area contributed by atoms with E-state index in [1.54, 1.807) is 24.3 Å². The maximum Gasteiger partial charge on any atom is 0.255 e. The molecule has 0 spiro atoms. The summed E-state index contributed by atoms with van der Waals surface area (Å²) in [6.07, 6.45) is 4.28. The summed E-state index contributed by atoms with van der Waals surface area (Å²) in [5.74, 6) is 0.214. The number of benzene rings is 2. The lowest BCUT2D eigenvalue weighted by atomic mass is 9.93. The molecule has 3 aromatic rings. The van der Waals surface area contributed by atoms with Crippen LogP contribution in [0.4, 0.5) is 11.5 Å². The van der Waals surface area contributed by atoms with Gasteiger partial charge in [0.05, 0.1) is 10.6 Å². The minimum atomic E-state index is -3.54. The molecule has 1 aliphatic heterocycles. The maximum atomic E-state index is 12.9. The molecule has 38 heavy (non-hydrogen) atoms. The standard InChI is InChI=1S/C27H28Cl2N4O4S/c1-38(36,37)22-15-24(32-27(35)19-6-4-7-21(28)14-19)26(31-17-22)33-11-9-18(10-12-33)13-25(34)30-16-20-5-2-3-8-23(20)29/h2-8,14-15,17-18H,9-13,16H2,1H3,(H,30,34)(H,32,35). The Morgan fingerprint density at radius 1 is 1.05 bits per heavy atom. The Kier molecular flexibility index (Phi) is 8.91. The molecule has 0 unspecified atom stereocenters. The van der Waals surface area contributed by atoms with E-state index in [1.165, 1.54) is 18.3 Å². The van der Waals surface area contributed by atoms with E-state index < -0.39 is 15.7 Å². The molecule has 2 amide bonds. The number of halogens is 2. The summed E-state index contributed by atoms with van der Waals surface area (Å²) in [5, 5.41) is 6.78. The fraction of sp³-hybridized carbons (Fsp3) is 0.296. The number of amides is 2. The number of hydrogen-bond donors (Lipinski definition) is 2. The molecule has 0 radical (unpaired) electrons. The maximum absolute atomic E-state index is 12.9. The second kappa shape index (κ2) is 12.1. The molecule has 0 atom stereocenters. The van der Waals surface area contributed by atoms with Crippen molar-refractivity contribution in [2.75, 3.05) is 29.6 Å². The molecule has 1 fully saturated rings. The van der Waals surface area contributed by atoms with Gasteiger partial charge in [0.15, 0.2) is 15.7 Å². The number of aromatic nitrogens is 1. The number of anilines is 2. The molecule has 1 aromatic heterocycles. The molecular weight excluding hydrogens is 547 g/mol. The van der Waals surface area contributed by atoms with Crippen molar-refractivity contribution in [1.29, 1.82) is 0 Å². The first-order valence-corrected chi connectivity index (χ1v) is 14.8. The van der Waals surface area contributed by atoms with Crippen LogP contribution >= 0.6 is 23.2 Å². The Labute approximate surface area is 232 Å². The lowest BCUT2D eigenvalue weighted by molar-refractivity contribution is -0.122. The van der Waals surface area contributed by atoms with Gasteiger partial charge >= 0.3 is 0 Å². The minimum absolute atomic E-state index is 0.00715. The normalized spacial score (nSPS) is 14.2. The summed E-state index contributed by atoms with van der Waals surface area (Å²) in [4.78, 5) is 31.8. The van der Waals surface area contributed by atoms with Gasteiger partial charge in [-0.15, -0.1) is 0 Å². The van der Waals surface area contributed by atoms with Crippen LogP contribution in [0.25, 0.3) is 0 Å². The third-order valence-corrected chi connectivity index (χ3v) is 8.11. The summed E-state index contributed by atoms with van der Waals surface area (Å²) in [6, 6.07) is 15.3. The zero-order valence-electron chi connectivity index (χ0n) is 20.8. The van der Waals surface area contributed by atoms with E-state index >= 15 is 0 Å². The minimum Gasteiger partial charge on any atom is -0.355 e. The molecule has 200 valence electrons. The van der Waals surface area contributed by atoms with Gasteiger partial charge in [0.2, 0.25) is 5.91 Å². The van der Waals surface area contributed by atoms with Gasteiger partial charge in [-0.25, -0.2) is 13.4 Å². The monoisotopic (exact) mass is 574 g/mol. The first-order valence-electron chi connectivity index (χ1n) is 12.1. The van der Waals surface area contributed by atoms with E-state index in [-0.39, 0.29) is 16.7 Å². The number of piperidine rings is 1. The van der Waals surface area contributed by atoms with Crippen LogP contribution in [0.3, 0.4) is 0 Å². The quantitative estimate of drug-likeness (QED) is 0.393. The van der Waals surface area contributed by atoms with E-state index in [9.17, 15) is 18.0 Å². The van der Waals surface area contributed by atoms with Gasteiger partial charge in [0, 0.05) is 54.1 Å². The van der Waals surface area contributed by atoms with Crippen LogP contribution in [0.15, 0.2) is 65.7 Å². The average Bonchev–Trinajstić information content (AvgIpc) is 2.88. The summed E-state index contributed by atoms with van der Waals surface area (Å²) < 4.78 is 24.3. The van der Waals surface area contributed by atoms with Crippen molar-refractivity contribution in [1.82, 2.24) is 10.3 Å². The molecule has 0 saturated carbocycles. The number of hydrogen-bond acceptors (Lipinski definition) is 6. The van der Waals surface area contributed by atoms with Crippen LogP contribution in [0.1, 0.15) is 35.2 Å². The summed E-state index contributed by atoms with van der Waals surface area (Å²) >= 11 is 12.2. The molecule has 2 aromatic carbocycles. The van der Waals surface area contributed by atoms with E-state index in [1.807, 2.05) is 23.1 Å². The molecule has 11 heteroatoms. The van der Waals surface area contributed by atoms with Gasteiger partial charge < -0.3 is 15.5 Å². The molecular formula is C27H28Cl2N4O4S. The average molecular weight is 576 g/mol. The number of carbonyl (C=O) groups excluding carboxylic acids is 2. The third-order valence-electron chi connectivity index (χ3n) is 6.43. The summed E-state index contributed by atoms with van der Waals surface area (Å²) in [6.45, 7) is 1.59. The van der Waals surface area contributed by atoms with Gasteiger partial charge in [0.25, 0.3) is 5.91 Å². The van der Waals surface area contributed by atoms with Crippen LogP contribution in [0.2, 0.25) is 10.0 Å². The Morgan fingerprint density at radius 3 is 2.47 bits per heavy atom. The van der Waals surface area contributed by atoms with E-state index in [4.69, 9.17) is 23.2 Å². The van der Waals surface area contributed by atoms with E-state index in [0.717, 1.165) is 24.7 Å². The smallest absolute Gasteiger partial charge is 0.255 e. The third kappa shape index (κ3) is 7.24. The van der Waals surface area contributed by atoms with Crippen LogP contribution < -0.4 is 15.5 Å². The number of nitrogens with one attached hydrogen (secondary N) is 2. The first-order chi connectivity index (χ1) is 18.1. The molecule has 8 nitrogen and oxygen atoms in total. The van der Waals surface area contributed by atoms with Crippen molar-refractivity contribution in [2.45, 2.75) is 30.7 Å². The molecule has 2 heterocycles. The Bertz CT molecular complexity index is 1440. The molecule has 2 N–H and O–H groups in total. The Balaban J connectivity index is 1.42. The predicted molar refractivity (Wildman–Crippen MR) is 150 cm³/mol. The van der Waals surface area contributed by atoms with Crippen molar-refractivity contribution in [3.8, 4) is 0 Å². The Morgan fingerprint density at radius 2 is 1.79 bits per heavy atom. The second-order valence-corrected chi connectivity index (χ2v) is 12.1. The molecule has 4 rings (SSSR count). The van der Waals surface area contributed by atoms with Crippen molar-refractivity contribution < 1.29 is 18.0 Å². The highest BCUT2D eigenvalue weighted by molar-refractivity contribution is 7.90. The fourth-order valence-electron chi connectivity index (χ4n) is 4.33. The number of nitrogens with zero attached hydrogens (tertiary/aromatic N) is 2. The lowest BCUT2D eigenvalue weighted by Crippen LogP contribution is -2.37. The number of rotatable bonds is 8. The highest BCUT2D eigenvalue weighted by atomic mass is 35.5. The molecule has 0 aliphatic carbocycles. The van der Waals surface area contributed by atoms with Gasteiger partial charge in [-0.1, -0.05) is 47.5 Å². The van der Waals surface area contributed by atoms with Gasteiger partial charge in [-0.05, 0) is 54.7 Å². The lowest BCUT2D eigenvalue weighted by Gasteiger charge is -2.33. The zero-order chi connectivity index (χ0) is 27.3. The summed E-state index contributed by atoms with van der Waals surface area (Å²) in [7, 11) is -3.54. The van der Waals surface area contributed by atoms with Crippen molar-refractivity contribution >= 4 is 56.4 Å². The van der Waals surface area contributed by atoms with E-state index in [2.05, 4.69) is 15.6 Å². The highest BCUT2D eigenvalue weighted by Crippen LogP contribution is 2.31. The van der Waals surface area contributed by atoms with Crippen molar-refractivity contribution in [3.05, 3.63) is 82.0 Å². The molecule has 1 aliphatic rings. The predicted octanol–water partition coefficient (Wildman–Crippen LogP) is 4.97. The number of carbonyl (C=O) groups is 2. The van der Waals surface area contributed by atoms with Gasteiger partial charge in [-0.2, -0.15) is 0 Å². The van der Waals surface area contributed by atoms with Gasteiger partial charge in [0.1, 0.15) is 0 Å². The number of pyridine rings is 1. The SMILES string of the molecule is CS(=O)(=O)c1cnc(N2CCC(CC(=O)NCc3ccccc3Cl)CC2)c(NC(=O)c2cccc(Cl)c2)c1. The molecule has 0 bridgehead atoms. The zero-order valence-corrected chi connectivity index (χ0v) is 23.1. The van der Waals surface area contributed by atoms with Crippen LogP contribution in [0.5, 0.6) is 0 Å². The fourth-order valence-corrected chi connectivity index (χ4v) is 5.30. The van der Waals surface area contributed by atoms with Crippen molar-refractivity contribution in [2.24, 2.45) is 5.92 Å². The first kappa shape index (κ1) is 27.9. The summed E-state index contributed by atoms with van der Waals surface area (Å²) in [5.41, 5.74) is 1.51. The van der Waals surface area contributed by atoms with E-state index in [0.29, 0.717) is 53.2 Å². The Hall–Kier alpha value is -3.14. The van der Waals surface area contributed by atoms with Crippen LogP contribution in [0, 0.1) is 5.92 Å². The van der Waals surface area contributed by atoms with Crippen molar-refractivity contribution in [3.63, 3.8) is 0 Å². The van der Waals surface area contributed by atoms with Gasteiger partial charge in [-0.3, -0.25) is 9.59 Å².